The number of ketones is 1. The van der Waals surface area contributed by atoms with Crippen LogP contribution in [0.15, 0.2) is 0 Å². The number of Topliss-reactive ketones (excluding diaryl/α,β-unsaturated/α-hetero) is 1. The summed E-state index contributed by atoms with van der Waals surface area (Å²) in [6.07, 6.45) is -3.04. The minimum absolute atomic E-state index is 0.197. The maximum Gasteiger partial charge on any atom is 0.522 e. The number of nitrogens with one attached hydrogen (secondary N) is 3. The Bertz CT molecular complexity index is 858. The van der Waals surface area contributed by atoms with Crippen LogP contribution >= 0.6 is 0 Å². The predicted molar refractivity (Wildman–Crippen MR) is 110 cm³/mol. The van der Waals surface area contributed by atoms with Crippen molar-refractivity contribution in [2.75, 3.05) is 19.7 Å². The number of carbonyl (C=O) groups excluding carboxylic acids is 5. The standard InChI is InChI=1S/C21H29F3N4O6/c1-11(2)26-18(32)19(33)28-10-20(4-5-20)8-14(28)17(31)27-13(7-12-3-6-25-16(12)30)15(29)9-34-21(22,23)24/h11-14H,3-10H2,1-2H3,(H,25,30)(H,26,32)(H,27,31)/t12-,13-,14-/m0/s1. The summed E-state index contributed by atoms with van der Waals surface area (Å²) in [6.45, 7) is 2.60. The molecule has 3 fully saturated rings. The van der Waals surface area contributed by atoms with E-state index in [-0.39, 0.29) is 36.8 Å². The Morgan fingerprint density at radius 2 is 1.88 bits per heavy atom. The van der Waals surface area contributed by atoms with Gasteiger partial charge in [0.15, 0.2) is 5.78 Å². The Balaban J connectivity index is 1.73. The van der Waals surface area contributed by atoms with Gasteiger partial charge in [-0.05, 0) is 51.4 Å². The van der Waals surface area contributed by atoms with E-state index in [2.05, 4.69) is 20.7 Å². The zero-order valence-electron chi connectivity index (χ0n) is 19.0. The lowest BCUT2D eigenvalue weighted by atomic mass is 9.95. The monoisotopic (exact) mass is 490 g/mol. The molecular weight excluding hydrogens is 461 g/mol. The van der Waals surface area contributed by atoms with E-state index in [0.717, 1.165) is 17.7 Å². The summed E-state index contributed by atoms with van der Waals surface area (Å²) in [4.78, 5) is 63.7. The Labute approximate surface area is 194 Å². The number of rotatable bonds is 8. The highest BCUT2D eigenvalue weighted by Gasteiger charge is 2.56. The average molecular weight is 490 g/mol. The van der Waals surface area contributed by atoms with E-state index in [4.69, 9.17) is 0 Å². The van der Waals surface area contributed by atoms with E-state index in [0.29, 0.717) is 13.0 Å². The highest BCUT2D eigenvalue weighted by molar-refractivity contribution is 6.35. The largest absolute Gasteiger partial charge is 0.522 e. The molecule has 0 aromatic heterocycles. The smallest absolute Gasteiger partial charge is 0.356 e. The van der Waals surface area contributed by atoms with Crippen molar-refractivity contribution in [3.8, 4) is 0 Å². The van der Waals surface area contributed by atoms with Crippen LogP contribution in [-0.4, -0.2) is 78.5 Å². The summed E-state index contributed by atoms with van der Waals surface area (Å²) < 4.78 is 41.0. The number of carbonyl (C=O) groups is 5. The molecule has 1 spiro atoms. The second kappa shape index (κ2) is 9.88. The first-order chi connectivity index (χ1) is 15.8. The highest BCUT2D eigenvalue weighted by atomic mass is 19.4. The molecule has 3 aliphatic rings. The van der Waals surface area contributed by atoms with E-state index < -0.39 is 54.5 Å². The van der Waals surface area contributed by atoms with Gasteiger partial charge in [-0.3, -0.25) is 28.7 Å². The quantitative estimate of drug-likeness (QED) is 0.411. The third-order valence-corrected chi connectivity index (χ3v) is 6.41. The van der Waals surface area contributed by atoms with Crippen molar-refractivity contribution in [3.63, 3.8) is 0 Å². The Kier molecular flexibility index (Phi) is 7.53. The molecule has 1 saturated carbocycles. The van der Waals surface area contributed by atoms with Crippen molar-refractivity contribution in [1.82, 2.24) is 20.9 Å². The van der Waals surface area contributed by atoms with Crippen LogP contribution in [0, 0.1) is 11.3 Å². The molecule has 2 aliphatic heterocycles. The first kappa shape index (κ1) is 25.9. The van der Waals surface area contributed by atoms with Crippen LogP contribution < -0.4 is 16.0 Å². The average Bonchev–Trinajstić information content (AvgIpc) is 3.19. The maximum absolute atomic E-state index is 13.1. The molecule has 2 saturated heterocycles. The van der Waals surface area contributed by atoms with Crippen LogP contribution in [0.2, 0.25) is 0 Å². The lowest BCUT2D eigenvalue weighted by Gasteiger charge is -2.26. The van der Waals surface area contributed by atoms with E-state index >= 15 is 0 Å². The van der Waals surface area contributed by atoms with Crippen LogP contribution in [0.25, 0.3) is 0 Å². The van der Waals surface area contributed by atoms with Gasteiger partial charge < -0.3 is 20.9 Å². The van der Waals surface area contributed by atoms with Gasteiger partial charge in [-0.2, -0.15) is 0 Å². The number of likely N-dealkylation sites (tertiary alicyclic amines) is 1. The molecule has 34 heavy (non-hydrogen) atoms. The molecule has 0 aromatic carbocycles. The van der Waals surface area contributed by atoms with Crippen LogP contribution in [0.4, 0.5) is 13.2 Å². The Morgan fingerprint density at radius 1 is 1.21 bits per heavy atom. The minimum atomic E-state index is -5.04. The van der Waals surface area contributed by atoms with Crippen molar-refractivity contribution in [3.05, 3.63) is 0 Å². The second-order valence-electron chi connectivity index (χ2n) is 9.56. The summed E-state index contributed by atoms with van der Waals surface area (Å²) in [7, 11) is 0. The Hall–Kier alpha value is -2.70. The fourth-order valence-electron chi connectivity index (χ4n) is 4.44. The van der Waals surface area contributed by atoms with Gasteiger partial charge in [0, 0.05) is 25.0 Å². The normalized spacial score (nSPS) is 24.2. The summed E-state index contributed by atoms with van der Waals surface area (Å²) in [6, 6.07) is -2.76. The summed E-state index contributed by atoms with van der Waals surface area (Å²) in [5.41, 5.74) is -0.278. The number of alkyl halides is 3. The molecule has 3 atom stereocenters. The molecule has 0 bridgehead atoms. The van der Waals surface area contributed by atoms with Crippen LogP contribution in [0.1, 0.15) is 46.0 Å². The van der Waals surface area contributed by atoms with Crippen LogP contribution in [-0.2, 0) is 28.7 Å². The summed E-state index contributed by atoms with van der Waals surface area (Å²) >= 11 is 0. The van der Waals surface area contributed by atoms with Gasteiger partial charge in [0.1, 0.15) is 12.6 Å². The minimum Gasteiger partial charge on any atom is -0.356 e. The number of halogens is 3. The number of amides is 4. The topological polar surface area (TPSA) is 134 Å². The van der Waals surface area contributed by atoms with Gasteiger partial charge in [-0.25, -0.2) is 0 Å². The third kappa shape index (κ3) is 6.45. The lowest BCUT2D eigenvalue weighted by Crippen LogP contribution is -2.54. The highest BCUT2D eigenvalue weighted by Crippen LogP contribution is 2.54. The SMILES string of the molecule is CC(C)NC(=O)C(=O)N1CC2(CC2)C[C@H]1C(=O)N[C@@H](C[C@@H]1CCNC1=O)C(=O)COC(F)(F)F. The molecule has 1 aliphatic carbocycles. The second-order valence-corrected chi connectivity index (χ2v) is 9.56. The number of hydrogen-bond acceptors (Lipinski definition) is 6. The fraction of sp³-hybridized carbons (Fsp3) is 0.762. The van der Waals surface area contributed by atoms with Crippen molar-refractivity contribution >= 4 is 29.4 Å². The number of nitrogens with zero attached hydrogens (tertiary/aromatic N) is 1. The predicted octanol–water partition coefficient (Wildman–Crippen LogP) is 0.00860. The van der Waals surface area contributed by atoms with Gasteiger partial charge >= 0.3 is 18.2 Å². The maximum atomic E-state index is 13.1. The molecule has 190 valence electrons. The fourth-order valence-corrected chi connectivity index (χ4v) is 4.44. The van der Waals surface area contributed by atoms with Crippen molar-refractivity contribution in [2.45, 2.75) is 70.4 Å². The van der Waals surface area contributed by atoms with Crippen LogP contribution in [0.3, 0.4) is 0 Å². The van der Waals surface area contributed by atoms with E-state index in [9.17, 15) is 37.1 Å². The molecule has 4 amide bonds. The van der Waals surface area contributed by atoms with E-state index in [1.165, 1.54) is 0 Å². The van der Waals surface area contributed by atoms with Crippen LogP contribution in [0.5, 0.6) is 0 Å². The molecule has 2 heterocycles. The molecule has 0 unspecified atom stereocenters. The van der Waals surface area contributed by atoms with Gasteiger partial charge in [0.05, 0.1) is 6.04 Å². The van der Waals surface area contributed by atoms with E-state index in [1.54, 1.807) is 13.8 Å². The Morgan fingerprint density at radius 3 is 2.41 bits per heavy atom. The van der Waals surface area contributed by atoms with Gasteiger partial charge in [-0.15, -0.1) is 13.2 Å². The van der Waals surface area contributed by atoms with Crippen molar-refractivity contribution in [1.29, 1.82) is 0 Å². The molecule has 0 radical (unpaired) electrons. The first-order valence-corrected chi connectivity index (χ1v) is 11.2. The molecule has 3 N–H and O–H groups in total. The van der Waals surface area contributed by atoms with Gasteiger partial charge in [0.25, 0.3) is 0 Å². The first-order valence-electron chi connectivity index (χ1n) is 11.2. The lowest BCUT2D eigenvalue weighted by molar-refractivity contribution is -0.321. The van der Waals surface area contributed by atoms with Gasteiger partial charge in [-0.1, -0.05) is 0 Å². The van der Waals surface area contributed by atoms with Crippen molar-refractivity contribution in [2.24, 2.45) is 11.3 Å². The van der Waals surface area contributed by atoms with Crippen molar-refractivity contribution < 1.29 is 41.9 Å². The molecule has 0 aromatic rings. The number of ether oxygens (including phenoxy) is 1. The third-order valence-electron chi connectivity index (χ3n) is 6.41. The summed E-state index contributed by atoms with van der Waals surface area (Å²) in [5, 5.41) is 7.49. The summed E-state index contributed by atoms with van der Waals surface area (Å²) in [5.74, 6) is -4.55. The number of hydrogen-bond donors (Lipinski definition) is 3. The molecule has 13 heteroatoms. The van der Waals surface area contributed by atoms with Gasteiger partial charge in [0.2, 0.25) is 11.8 Å². The molecular formula is C21H29F3N4O6. The zero-order valence-corrected chi connectivity index (χ0v) is 19.0. The molecule has 3 rings (SSSR count). The van der Waals surface area contributed by atoms with E-state index in [1.807, 2.05) is 0 Å². The zero-order chi connectivity index (χ0) is 25.3. The molecule has 10 nitrogen and oxygen atoms in total.